The molecule has 3 rings (SSSR count). The van der Waals surface area contributed by atoms with Crippen LogP contribution in [0.3, 0.4) is 0 Å². The highest BCUT2D eigenvalue weighted by Crippen LogP contribution is 2.43. The normalized spacial score (nSPS) is 25.0. The highest BCUT2D eigenvalue weighted by atomic mass is 16.5. The van der Waals surface area contributed by atoms with Crippen molar-refractivity contribution in [3.05, 3.63) is 40.3 Å². The second-order valence-electron chi connectivity index (χ2n) is 14.3. The van der Waals surface area contributed by atoms with Crippen LogP contribution in [-0.2, 0) is 9.53 Å². The Morgan fingerprint density at radius 3 is 2.34 bits per heavy atom. The Balaban J connectivity index is 2.02. The van der Waals surface area contributed by atoms with Crippen LogP contribution in [0.5, 0.6) is 0 Å². The minimum Gasteiger partial charge on any atom is -0.377 e. The molecule has 1 aliphatic carbocycles. The summed E-state index contributed by atoms with van der Waals surface area (Å²) in [5.74, 6) is 0.332. The zero-order chi connectivity index (χ0) is 30.3. The van der Waals surface area contributed by atoms with Crippen LogP contribution in [0.4, 0.5) is 0 Å². The largest absolute Gasteiger partial charge is 0.377 e. The summed E-state index contributed by atoms with van der Waals surface area (Å²) >= 11 is 0. The molecule has 1 unspecified atom stereocenters. The number of amidine groups is 1. The highest BCUT2D eigenvalue weighted by molar-refractivity contribution is 6.27. The van der Waals surface area contributed by atoms with Crippen LogP contribution in [0.2, 0.25) is 0 Å². The summed E-state index contributed by atoms with van der Waals surface area (Å²) in [6.45, 7) is 17.7. The van der Waals surface area contributed by atoms with Crippen molar-refractivity contribution >= 4 is 18.0 Å². The Kier molecular flexibility index (Phi) is 11.4. The van der Waals surface area contributed by atoms with Crippen LogP contribution in [-0.4, -0.2) is 54.4 Å². The summed E-state index contributed by atoms with van der Waals surface area (Å²) in [6.07, 6.45) is 8.48. The molecule has 1 saturated carbocycles. The Morgan fingerprint density at radius 1 is 1.15 bits per heavy atom. The molecule has 1 saturated heterocycles. The van der Waals surface area contributed by atoms with Gasteiger partial charge in [0.05, 0.1) is 19.3 Å². The molecular formula is C33H52N4O4. The quantitative estimate of drug-likeness (QED) is 0.140. The summed E-state index contributed by atoms with van der Waals surface area (Å²) in [6, 6.07) is 7.29. The minimum atomic E-state index is -0.764. The molecule has 1 amide bonds. The number of benzene rings is 1. The molecule has 8 heteroatoms. The summed E-state index contributed by atoms with van der Waals surface area (Å²) in [5.41, 5.74) is 1.07. The molecule has 1 aliphatic heterocycles. The Morgan fingerprint density at radius 2 is 1.80 bits per heavy atom. The molecule has 1 aromatic carbocycles. The van der Waals surface area contributed by atoms with E-state index in [4.69, 9.17) is 9.73 Å². The molecule has 2 aliphatic rings. The minimum absolute atomic E-state index is 0.0402. The molecule has 0 bridgehead atoms. The number of nitrogens with one attached hydrogen (secondary N) is 1. The number of carbonyl (C=O) groups is 2. The first-order valence-electron chi connectivity index (χ1n) is 15.5. The number of rotatable bonds is 10. The number of aldehydes is 1. The Labute approximate surface area is 247 Å². The number of ether oxygens (including phenoxy) is 1. The molecule has 41 heavy (non-hydrogen) atoms. The van der Waals surface area contributed by atoms with Gasteiger partial charge in [-0.2, -0.15) is 0 Å². The number of morpholine rings is 1. The van der Waals surface area contributed by atoms with Crippen molar-refractivity contribution in [3.63, 3.8) is 0 Å². The number of nitroso groups, excluding NO2 is 1. The fourth-order valence-corrected chi connectivity index (χ4v) is 6.29. The van der Waals surface area contributed by atoms with Crippen LogP contribution in [0, 0.1) is 21.7 Å². The molecule has 0 spiro atoms. The molecule has 228 valence electrons. The molecule has 8 nitrogen and oxygen atoms in total. The van der Waals surface area contributed by atoms with E-state index in [1.165, 1.54) is 0 Å². The lowest BCUT2D eigenvalue weighted by Gasteiger charge is -2.45. The molecule has 1 aromatic rings. The van der Waals surface area contributed by atoms with E-state index in [-0.39, 0.29) is 28.5 Å². The number of amides is 1. The summed E-state index contributed by atoms with van der Waals surface area (Å²) < 4.78 is 5.77. The van der Waals surface area contributed by atoms with Gasteiger partial charge in [-0.05, 0) is 79.4 Å². The summed E-state index contributed by atoms with van der Waals surface area (Å²) in [4.78, 5) is 42.8. The maximum absolute atomic E-state index is 12.6. The number of carbonyl (C=O) groups excluding carboxylic acids is 2. The van der Waals surface area contributed by atoms with E-state index in [0.717, 1.165) is 63.2 Å². The van der Waals surface area contributed by atoms with Gasteiger partial charge >= 0.3 is 5.91 Å². The van der Waals surface area contributed by atoms with Gasteiger partial charge in [0, 0.05) is 23.3 Å². The Hall–Kier alpha value is -2.45. The first-order valence-corrected chi connectivity index (χ1v) is 15.5. The predicted molar refractivity (Wildman–Crippen MR) is 165 cm³/mol. The first kappa shape index (κ1) is 33.1. The van der Waals surface area contributed by atoms with Crippen molar-refractivity contribution in [2.24, 2.45) is 26.9 Å². The molecule has 1 N–H and O–H groups in total. The zero-order valence-corrected chi connectivity index (χ0v) is 26.4. The SMILES string of the molecule is CCCC1COCCN1/C(C=O)=N/C1(N[C@H](CCC(C)(C)C)c2ccc(C(=O)N=O)cc2)CCC(C(C)(C)C)CC1. The maximum Gasteiger partial charge on any atom is 0.316 e. The van der Waals surface area contributed by atoms with Gasteiger partial charge in [0.25, 0.3) is 0 Å². The standard InChI is InChI=1S/C33H52N4O4/c1-8-9-27-23-41-21-20-37(27)29(22-38)35-33(18-14-26(15-19-33)32(5,6)7)34-28(16-17-31(2,3)4)24-10-12-25(13-11-24)30(39)36-40/h10-13,22,26-28,34H,8-9,14-21,23H2,1-7H3/b35-29+/t26?,27?,28-,33?/m1/s1. The molecule has 1 heterocycles. The van der Waals surface area contributed by atoms with Gasteiger partial charge in [-0.1, -0.05) is 67.0 Å². The van der Waals surface area contributed by atoms with E-state index >= 15 is 0 Å². The van der Waals surface area contributed by atoms with E-state index in [9.17, 15) is 14.5 Å². The van der Waals surface area contributed by atoms with Crippen molar-refractivity contribution in [2.45, 2.75) is 118 Å². The lowest BCUT2D eigenvalue weighted by atomic mass is 9.69. The van der Waals surface area contributed by atoms with Crippen molar-refractivity contribution < 1.29 is 14.3 Å². The second kappa shape index (κ2) is 14.1. The van der Waals surface area contributed by atoms with Crippen molar-refractivity contribution in [3.8, 4) is 0 Å². The van der Waals surface area contributed by atoms with Crippen LogP contribution < -0.4 is 5.32 Å². The van der Waals surface area contributed by atoms with Gasteiger partial charge in [-0.3, -0.25) is 14.9 Å². The summed E-state index contributed by atoms with van der Waals surface area (Å²) in [5, 5.41) is 6.54. The van der Waals surface area contributed by atoms with Crippen LogP contribution >= 0.6 is 0 Å². The smallest absolute Gasteiger partial charge is 0.316 e. The third-order valence-electron chi connectivity index (χ3n) is 8.88. The zero-order valence-electron chi connectivity index (χ0n) is 26.4. The lowest BCUT2D eigenvalue weighted by Crippen LogP contribution is -2.54. The maximum atomic E-state index is 12.6. The topological polar surface area (TPSA) is 100 Å². The second-order valence-corrected chi connectivity index (χ2v) is 14.3. The summed E-state index contributed by atoms with van der Waals surface area (Å²) in [7, 11) is 0. The van der Waals surface area contributed by atoms with Crippen LogP contribution in [0.25, 0.3) is 0 Å². The van der Waals surface area contributed by atoms with Crippen LogP contribution in [0.15, 0.2) is 34.4 Å². The molecule has 0 radical (unpaired) electrons. The number of aliphatic imine (C=N–C) groups is 1. The Bertz CT molecular complexity index is 1040. The van der Waals surface area contributed by atoms with E-state index in [1.54, 1.807) is 12.1 Å². The predicted octanol–water partition coefficient (Wildman–Crippen LogP) is 7.08. The van der Waals surface area contributed by atoms with Gasteiger partial charge in [0.15, 0.2) is 12.1 Å². The van der Waals surface area contributed by atoms with Gasteiger partial charge in [-0.15, -0.1) is 4.91 Å². The van der Waals surface area contributed by atoms with E-state index in [2.05, 4.69) is 63.9 Å². The molecule has 2 fully saturated rings. The molecule has 0 aromatic heterocycles. The third kappa shape index (κ3) is 9.27. The van der Waals surface area contributed by atoms with Crippen LogP contribution in [0.1, 0.15) is 122 Å². The van der Waals surface area contributed by atoms with Gasteiger partial charge in [0.1, 0.15) is 5.66 Å². The molecule has 2 atom stereocenters. The van der Waals surface area contributed by atoms with Gasteiger partial charge < -0.3 is 9.64 Å². The van der Waals surface area contributed by atoms with Crippen molar-refractivity contribution in [1.29, 1.82) is 0 Å². The van der Waals surface area contributed by atoms with Gasteiger partial charge in [-0.25, -0.2) is 4.99 Å². The molecular weight excluding hydrogens is 516 g/mol. The fourth-order valence-electron chi connectivity index (χ4n) is 6.29. The lowest BCUT2D eigenvalue weighted by molar-refractivity contribution is -0.104. The number of hydrogen-bond donors (Lipinski definition) is 1. The van der Waals surface area contributed by atoms with Gasteiger partial charge in [0.2, 0.25) is 0 Å². The van der Waals surface area contributed by atoms with E-state index in [1.807, 2.05) is 12.1 Å². The highest BCUT2D eigenvalue weighted by Gasteiger charge is 2.41. The van der Waals surface area contributed by atoms with Crippen molar-refractivity contribution in [2.75, 3.05) is 19.8 Å². The fraction of sp³-hybridized carbons (Fsp3) is 0.727. The number of hydrogen-bond acceptors (Lipinski definition) is 6. The average Bonchev–Trinajstić information content (AvgIpc) is 2.93. The van der Waals surface area contributed by atoms with Crippen molar-refractivity contribution in [1.82, 2.24) is 10.2 Å². The average molecular weight is 569 g/mol. The first-order chi connectivity index (χ1) is 19.3. The third-order valence-corrected chi connectivity index (χ3v) is 8.88. The van der Waals surface area contributed by atoms with E-state index < -0.39 is 11.6 Å². The number of nitrogens with zero attached hydrogens (tertiary/aromatic N) is 3. The monoisotopic (exact) mass is 568 g/mol. The van der Waals surface area contributed by atoms with E-state index in [0.29, 0.717) is 31.5 Å².